The first-order valence-corrected chi connectivity index (χ1v) is 9.23. The molecule has 1 saturated heterocycles. The lowest BCUT2D eigenvalue weighted by Gasteiger charge is -2.22. The van der Waals surface area contributed by atoms with Crippen LogP contribution in [-0.2, 0) is 10.0 Å². The summed E-state index contributed by atoms with van der Waals surface area (Å²) in [7, 11) is -3.40. The highest BCUT2D eigenvalue weighted by atomic mass is 79.9. The highest BCUT2D eigenvalue weighted by Gasteiger charge is 2.18. The summed E-state index contributed by atoms with van der Waals surface area (Å²) in [6.07, 6.45) is 3.26. The lowest BCUT2D eigenvalue weighted by molar-refractivity contribution is 0.358. The number of benzene rings is 1. The van der Waals surface area contributed by atoms with Gasteiger partial charge in [0.05, 0.1) is 4.90 Å². The molecule has 120 valence electrons. The maximum absolute atomic E-state index is 12.3. The molecule has 1 heterocycles. The lowest BCUT2D eigenvalue weighted by Crippen LogP contribution is -2.33. The summed E-state index contributed by atoms with van der Waals surface area (Å²) in [6.45, 7) is 4.40. The molecule has 0 aliphatic carbocycles. The predicted octanol–water partition coefficient (Wildman–Crippen LogP) is 2.85. The van der Waals surface area contributed by atoms with Crippen molar-refractivity contribution in [2.75, 3.05) is 19.6 Å². The van der Waals surface area contributed by atoms with E-state index in [4.69, 9.17) is 0 Å². The van der Waals surface area contributed by atoms with Crippen LogP contribution in [0.15, 0.2) is 27.6 Å². The number of hydrogen-bond acceptors (Lipinski definition) is 3. The molecule has 0 spiro atoms. The number of sulfonamides is 1. The number of aryl methyl sites for hydroxylation is 1. The highest BCUT2D eigenvalue weighted by Crippen LogP contribution is 2.20. The number of rotatable bonds is 5. The molecule has 1 aliphatic heterocycles. The Kier molecular flexibility index (Phi) is 7.64. The van der Waals surface area contributed by atoms with Crippen molar-refractivity contribution in [2.45, 2.75) is 31.1 Å². The number of hydrogen-bond donors (Lipinski definition) is 2. The van der Waals surface area contributed by atoms with E-state index in [9.17, 15) is 8.42 Å². The molecule has 1 unspecified atom stereocenters. The van der Waals surface area contributed by atoms with Crippen LogP contribution in [0.3, 0.4) is 0 Å². The summed E-state index contributed by atoms with van der Waals surface area (Å²) < 4.78 is 28.1. The van der Waals surface area contributed by atoms with Crippen LogP contribution < -0.4 is 10.0 Å². The Morgan fingerprint density at radius 1 is 1.43 bits per heavy atom. The minimum Gasteiger partial charge on any atom is -0.316 e. The van der Waals surface area contributed by atoms with Gasteiger partial charge in [0, 0.05) is 11.0 Å². The third kappa shape index (κ3) is 5.53. The van der Waals surface area contributed by atoms with E-state index >= 15 is 0 Å². The summed E-state index contributed by atoms with van der Waals surface area (Å²) in [6, 6.07) is 5.22. The molecule has 2 N–H and O–H groups in total. The fraction of sp³-hybridized carbons (Fsp3) is 0.571. The Morgan fingerprint density at radius 3 is 2.81 bits per heavy atom. The van der Waals surface area contributed by atoms with E-state index in [1.54, 1.807) is 12.1 Å². The van der Waals surface area contributed by atoms with Crippen LogP contribution in [0.1, 0.15) is 24.8 Å². The van der Waals surface area contributed by atoms with Gasteiger partial charge in [0.1, 0.15) is 0 Å². The molecule has 1 fully saturated rings. The Balaban J connectivity index is 0.00000220. The van der Waals surface area contributed by atoms with Crippen LogP contribution in [0.4, 0.5) is 0 Å². The van der Waals surface area contributed by atoms with E-state index in [1.165, 1.54) is 12.8 Å². The van der Waals surface area contributed by atoms with E-state index < -0.39 is 10.0 Å². The summed E-state index contributed by atoms with van der Waals surface area (Å²) in [5, 5.41) is 3.35. The van der Waals surface area contributed by atoms with Crippen molar-refractivity contribution in [1.29, 1.82) is 0 Å². The maximum atomic E-state index is 12.3. The van der Waals surface area contributed by atoms with Crippen LogP contribution in [0.2, 0.25) is 0 Å². The van der Waals surface area contributed by atoms with Crippen LogP contribution in [0.25, 0.3) is 0 Å². The van der Waals surface area contributed by atoms with Gasteiger partial charge in [-0.2, -0.15) is 0 Å². The Morgan fingerprint density at radius 2 is 2.19 bits per heavy atom. The monoisotopic (exact) mass is 396 g/mol. The predicted molar refractivity (Wildman–Crippen MR) is 91.5 cm³/mol. The summed E-state index contributed by atoms with van der Waals surface area (Å²) in [4.78, 5) is 0.363. The topological polar surface area (TPSA) is 58.2 Å². The van der Waals surface area contributed by atoms with Gasteiger partial charge in [0.25, 0.3) is 0 Å². The van der Waals surface area contributed by atoms with Crippen LogP contribution in [0, 0.1) is 12.8 Å². The summed E-state index contributed by atoms with van der Waals surface area (Å²) in [5.41, 5.74) is 0.756. The molecular formula is C14H22BrClN2O2S. The summed E-state index contributed by atoms with van der Waals surface area (Å²) in [5.74, 6) is 0.581. The Labute approximate surface area is 141 Å². The van der Waals surface area contributed by atoms with Crippen molar-refractivity contribution < 1.29 is 8.42 Å². The lowest BCUT2D eigenvalue weighted by atomic mass is 9.96. The minimum absolute atomic E-state index is 0. The number of nitrogens with one attached hydrogen (secondary N) is 2. The standard InChI is InChI=1S/C14H21BrN2O2S.ClH/c1-11-9-13(15)4-5-14(11)20(18,19)17-8-6-12-3-2-7-16-10-12;/h4-5,9,12,16-17H,2-3,6-8,10H2,1H3;1H. The largest absolute Gasteiger partial charge is 0.316 e. The third-order valence-corrected chi connectivity index (χ3v) is 5.78. The number of halogens is 2. The molecule has 1 aliphatic rings. The zero-order chi connectivity index (χ0) is 14.6. The van der Waals surface area contributed by atoms with Gasteiger partial charge in [0.15, 0.2) is 0 Å². The molecule has 2 rings (SSSR count). The molecule has 1 aromatic rings. The second kappa shape index (κ2) is 8.48. The fourth-order valence-corrected chi connectivity index (χ4v) is 4.31. The second-order valence-electron chi connectivity index (χ2n) is 5.31. The molecule has 0 saturated carbocycles. The first kappa shape index (κ1) is 18.9. The Hall–Kier alpha value is -0.140. The van der Waals surface area contributed by atoms with Crippen molar-refractivity contribution in [3.8, 4) is 0 Å². The van der Waals surface area contributed by atoms with Gasteiger partial charge in [-0.15, -0.1) is 12.4 Å². The molecule has 0 amide bonds. The molecule has 0 radical (unpaired) electrons. The Bertz CT molecular complexity index is 560. The van der Waals surface area contributed by atoms with Gasteiger partial charge in [-0.05, 0) is 69.0 Å². The number of piperidine rings is 1. The van der Waals surface area contributed by atoms with E-state index in [2.05, 4.69) is 26.0 Å². The first-order valence-electron chi connectivity index (χ1n) is 6.95. The zero-order valence-corrected chi connectivity index (χ0v) is 15.3. The normalized spacial score (nSPS) is 19.0. The molecule has 0 bridgehead atoms. The molecule has 4 nitrogen and oxygen atoms in total. The van der Waals surface area contributed by atoms with Crippen LogP contribution in [0.5, 0.6) is 0 Å². The fourth-order valence-electron chi connectivity index (χ4n) is 2.56. The third-order valence-electron chi connectivity index (χ3n) is 3.67. The van der Waals surface area contributed by atoms with Crippen molar-refractivity contribution in [3.05, 3.63) is 28.2 Å². The average Bonchev–Trinajstić information content (AvgIpc) is 2.39. The van der Waals surface area contributed by atoms with Crippen molar-refractivity contribution >= 4 is 38.4 Å². The molecule has 1 aromatic carbocycles. The van der Waals surface area contributed by atoms with Gasteiger partial charge >= 0.3 is 0 Å². The first-order chi connectivity index (χ1) is 9.49. The molecular weight excluding hydrogens is 376 g/mol. The molecule has 7 heteroatoms. The van der Waals surface area contributed by atoms with Crippen molar-refractivity contribution in [2.24, 2.45) is 5.92 Å². The summed E-state index contributed by atoms with van der Waals surface area (Å²) >= 11 is 3.35. The van der Waals surface area contributed by atoms with Gasteiger partial charge in [-0.3, -0.25) is 0 Å². The van der Waals surface area contributed by atoms with E-state index in [1.807, 2.05) is 13.0 Å². The van der Waals surface area contributed by atoms with E-state index in [0.29, 0.717) is 17.4 Å². The SMILES string of the molecule is Cc1cc(Br)ccc1S(=O)(=O)NCCC1CCCNC1.Cl. The van der Waals surface area contributed by atoms with E-state index in [-0.39, 0.29) is 12.4 Å². The molecule has 1 atom stereocenters. The highest BCUT2D eigenvalue weighted by molar-refractivity contribution is 9.10. The zero-order valence-electron chi connectivity index (χ0n) is 12.1. The minimum atomic E-state index is -3.40. The average molecular weight is 398 g/mol. The van der Waals surface area contributed by atoms with Crippen molar-refractivity contribution in [3.63, 3.8) is 0 Å². The second-order valence-corrected chi connectivity index (χ2v) is 7.96. The van der Waals surface area contributed by atoms with Crippen LogP contribution in [-0.4, -0.2) is 28.1 Å². The van der Waals surface area contributed by atoms with Crippen molar-refractivity contribution in [1.82, 2.24) is 10.0 Å². The molecule has 21 heavy (non-hydrogen) atoms. The van der Waals surface area contributed by atoms with Gasteiger partial charge in [-0.25, -0.2) is 13.1 Å². The molecule has 0 aromatic heterocycles. The van der Waals surface area contributed by atoms with Gasteiger partial charge in [-0.1, -0.05) is 15.9 Å². The maximum Gasteiger partial charge on any atom is 0.240 e. The van der Waals surface area contributed by atoms with Gasteiger partial charge < -0.3 is 5.32 Å². The van der Waals surface area contributed by atoms with Gasteiger partial charge in [0.2, 0.25) is 10.0 Å². The van der Waals surface area contributed by atoms with Crippen LogP contribution >= 0.6 is 28.3 Å². The smallest absolute Gasteiger partial charge is 0.240 e. The van der Waals surface area contributed by atoms with E-state index in [0.717, 1.165) is 29.5 Å². The quantitative estimate of drug-likeness (QED) is 0.803.